The Labute approximate surface area is 114 Å². The van der Waals surface area contributed by atoms with Gasteiger partial charge in [-0.1, -0.05) is 0 Å². The Bertz CT molecular complexity index is 378. The second kappa shape index (κ2) is 6.04. The van der Waals surface area contributed by atoms with E-state index in [1.54, 1.807) is 0 Å². The van der Waals surface area contributed by atoms with Crippen LogP contribution in [0.1, 0.15) is 24.8 Å². The molecule has 102 valence electrons. The lowest BCUT2D eigenvalue weighted by molar-refractivity contribution is 0.0382. The molecule has 0 bridgehead atoms. The summed E-state index contributed by atoms with van der Waals surface area (Å²) in [4.78, 5) is 0. The molecular weight excluding hydrogens is 250 g/mol. The molecule has 3 rings (SSSR count). The molecule has 2 atom stereocenters. The fourth-order valence-electron chi connectivity index (χ4n) is 2.52. The monoisotopic (exact) mass is 271 g/mol. The lowest BCUT2D eigenvalue weighted by Gasteiger charge is -2.19. The van der Waals surface area contributed by atoms with E-state index in [2.05, 4.69) is 16.6 Å². The van der Waals surface area contributed by atoms with Crippen LogP contribution in [0.4, 0.5) is 0 Å². The maximum atomic E-state index is 6.03. The quantitative estimate of drug-likeness (QED) is 0.883. The Morgan fingerprint density at radius 2 is 2.28 bits per heavy atom. The number of ether oxygens (including phenoxy) is 1. The number of hydrogen-bond acceptors (Lipinski definition) is 3. The van der Waals surface area contributed by atoms with Crippen LogP contribution in [0.15, 0.2) is 12.4 Å². The molecule has 0 amide bonds. The average molecular weight is 272 g/mol. The molecule has 2 heterocycles. The van der Waals surface area contributed by atoms with Crippen molar-refractivity contribution in [1.29, 1.82) is 0 Å². The minimum Gasteiger partial charge on any atom is -0.376 e. The molecule has 0 aromatic carbocycles. The maximum Gasteiger partial charge on any atom is 0.0743 e. The van der Waals surface area contributed by atoms with E-state index in [0.717, 1.165) is 31.9 Å². The smallest absolute Gasteiger partial charge is 0.0743 e. The summed E-state index contributed by atoms with van der Waals surface area (Å²) >= 11 is 0. The summed E-state index contributed by atoms with van der Waals surface area (Å²) in [6.07, 6.45) is 9.37. The normalized spacial score (nSPS) is 27.2. The number of nitrogens with one attached hydrogen (secondary N) is 1. The summed E-state index contributed by atoms with van der Waals surface area (Å²) in [5, 5.41) is 7.76. The van der Waals surface area contributed by atoms with Crippen molar-refractivity contribution in [3.05, 3.63) is 18.0 Å². The number of hydrogen-bond donors (Lipinski definition) is 1. The SMILES string of the molecule is Cl.Cn1cc(C[C@@H]2NCC[C@H]2OCC2CC2)cn1. The third kappa shape index (κ3) is 3.46. The molecule has 0 unspecified atom stereocenters. The van der Waals surface area contributed by atoms with E-state index in [9.17, 15) is 0 Å². The van der Waals surface area contributed by atoms with Crippen LogP contribution in [0.5, 0.6) is 0 Å². The fraction of sp³-hybridized carbons (Fsp3) is 0.769. The zero-order valence-electron chi connectivity index (χ0n) is 10.8. The van der Waals surface area contributed by atoms with Crippen molar-refractivity contribution in [3.63, 3.8) is 0 Å². The molecule has 1 aromatic rings. The Kier molecular flexibility index (Phi) is 4.65. The number of aryl methyl sites for hydroxylation is 1. The fourth-order valence-corrected chi connectivity index (χ4v) is 2.52. The van der Waals surface area contributed by atoms with E-state index in [-0.39, 0.29) is 12.4 Å². The summed E-state index contributed by atoms with van der Waals surface area (Å²) in [7, 11) is 1.96. The maximum absolute atomic E-state index is 6.03. The van der Waals surface area contributed by atoms with Gasteiger partial charge >= 0.3 is 0 Å². The first-order valence-corrected chi connectivity index (χ1v) is 6.64. The summed E-state index contributed by atoms with van der Waals surface area (Å²) in [6.45, 7) is 2.05. The Balaban J connectivity index is 0.00000120. The number of aromatic nitrogens is 2. The molecule has 5 heteroatoms. The molecule has 1 aromatic heterocycles. The molecule has 1 N–H and O–H groups in total. The van der Waals surface area contributed by atoms with Gasteiger partial charge in [-0.25, -0.2) is 0 Å². The highest BCUT2D eigenvalue weighted by atomic mass is 35.5. The summed E-state index contributed by atoms with van der Waals surface area (Å²) in [6, 6.07) is 0.470. The second-order valence-electron chi connectivity index (χ2n) is 5.39. The van der Waals surface area contributed by atoms with E-state index in [1.807, 2.05) is 17.9 Å². The van der Waals surface area contributed by atoms with Crippen LogP contribution < -0.4 is 5.32 Å². The van der Waals surface area contributed by atoms with Gasteiger partial charge in [-0.3, -0.25) is 4.68 Å². The summed E-state index contributed by atoms with van der Waals surface area (Å²) in [5.74, 6) is 0.856. The van der Waals surface area contributed by atoms with Crippen molar-refractivity contribution >= 4 is 12.4 Å². The first kappa shape index (κ1) is 13.8. The van der Waals surface area contributed by atoms with E-state index in [1.165, 1.54) is 18.4 Å². The summed E-state index contributed by atoms with van der Waals surface area (Å²) < 4.78 is 7.89. The Morgan fingerprint density at radius 3 is 2.94 bits per heavy atom. The first-order valence-electron chi connectivity index (χ1n) is 6.64. The largest absolute Gasteiger partial charge is 0.376 e. The first-order chi connectivity index (χ1) is 8.31. The predicted octanol–water partition coefficient (Wildman–Crippen LogP) is 1.54. The van der Waals surface area contributed by atoms with Gasteiger partial charge in [0.05, 0.1) is 12.3 Å². The minimum atomic E-state index is 0. The van der Waals surface area contributed by atoms with Gasteiger partial charge in [0.2, 0.25) is 0 Å². The molecule has 4 nitrogen and oxygen atoms in total. The van der Waals surface area contributed by atoms with E-state index in [4.69, 9.17) is 4.74 Å². The van der Waals surface area contributed by atoms with E-state index >= 15 is 0 Å². The van der Waals surface area contributed by atoms with Crippen molar-refractivity contribution < 1.29 is 4.74 Å². The van der Waals surface area contributed by atoms with Gasteiger partial charge < -0.3 is 10.1 Å². The standard InChI is InChI=1S/C13H21N3O.ClH/c1-16-8-11(7-15-16)6-12-13(4-5-14-12)17-9-10-2-3-10;/h7-8,10,12-14H,2-6,9H2,1H3;1H/t12-,13+;/m0./s1. The molecule has 1 saturated carbocycles. The third-order valence-corrected chi connectivity index (χ3v) is 3.74. The molecule has 0 spiro atoms. The predicted molar refractivity (Wildman–Crippen MR) is 73.0 cm³/mol. The molecule has 1 aliphatic carbocycles. The van der Waals surface area contributed by atoms with Crippen molar-refractivity contribution in [1.82, 2.24) is 15.1 Å². The summed E-state index contributed by atoms with van der Waals surface area (Å²) in [5.41, 5.74) is 1.30. The van der Waals surface area contributed by atoms with Crippen LogP contribution in [0, 0.1) is 5.92 Å². The van der Waals surface area contributed by atoms with Crippen LogP contribution >= 0.6 is 12.4 Å². The van der Waals surface area contributed by atoms with Crippen molar-refractivity contribution in [2.45, 2.75) is 37.8 Å². The highest BCUT2D eigenvalue weighted by Gasteiger charge is 2.30. The van der Waals surface area contributed by atoms with Crippen LogP contribution in [0.2, 0.25) is 0 Å². The van der Waals surface area contributed by atoms with Gasteiger partial charge in [-0.15, -0.1) is 12.4 Å². The zero-order chi connectivity index (χ0) is 11.7. The van der Waals surface area contributed by atoms with Crippen molar-refractivity contribution in [3.8, 4) is 0 Å². The Hall–Kier alpha value is -0.580. The number of halogens is 1. The molecule has 2 fully saturated rings. The third-order valence-electron chi connectivity index (χ3n) is 3.74. The van der Waals surface area contributed by atoms with Crippen molar-refractivity contribution in [2.75, 3.05) is 13.2 Å². The van der Waals surface area contributed by atoms with Crippen LogP contribution in [-0.4, -0.2) is 35.1 Å². The van der Waals surface area contributed by atoms with Crippen LogP contribution in [0.3, 0.4) is 0 Å². The van der Waals surface area contributed by atoms with Crippen molar-refractivity contribution in [2.24, 2.45) is 13.0 Å². The zero-order valence-corrected chi connectivity index (χ0v) is 11.7. The van der Waals surface area contributed by atoms with Gasteiger partial charge in [0.25, 0.3) is 0 Å². The van der Waals surface area contributed by atoms with Gasteiger partial charge in [-0.05, 0) is 43.7 Å². The van der Waals surface area contributed by atoms with Crippen LogP contribution in [-0.2, 0) is 18.2 Å². The van der Waals surface area contributed by atoms with Gasteiger partial charge in [-0.2, -0.15) is 5.10 Å². The lowest BCUT2D eigenvalue weighted by Crippen LogP contribution is -2.34. The van der Waals surface area contributed by atoms with Crippen LogP contribution in [0.25, 0.3) is 0 Å². The topological polar surface area (TPSA) is 39.1 Å². The molecule has 2 aliphatic rings. The highest BCUT2D eigenvalue weighted by Crippen LogP contribution is 2.30. The number of rotatable bonds is 5. The molecular formula is C13H22ClN3O. The molecule has 18 heavy (non-hydrogen) atoms. The van der Waals surface area contributed by atoms with Gasteiger partial charge in [0.1, 0.15) is 0 Å². The molecule has 1 aliphatic heterocycles. The van der Waals surface area contributed by atoms with Gasteiger partial charge in [0.15, 0.2) is 0 Å². The molecule has 1 saturated heterocycles. The second-order valence-corrected chi connectivity index (χ2v) is 5.39. The van der Waals surface area contributed by atoms with Gasteiger partial charge in [0, 0.05) is 25.9 Å². The van der Waals surface area contributed by atoms with E-state index in [0.29, 0.717) is 12.1 Å². The average Bonchev–Trinajstić information content (AvgIpc) is 2.90. The molecule has 0 radical (unpaired) electrons. The minimum absolute atomic E-state index is 0. The van der Waals surface area contributed by atoms with E-state index < -0.39 is 0 Å². The number of nitrogens with zero attached hydrogens (tertiary/aromatic N) is 2. The lowest BCUT2D eigenvalue weighted by atomic mass is 10.1. The Morgan fingerprint density at radius 1 is 1.44 bits per heavy atom. The highest BCUT2D eigenvalue weighted by molar-refractivity contribution is 5.85.